The lowest BCUT2D eigenvalue weighted by molar-refractivity contribution is 0.147. The summed E-state index contributed by atoms with van der Waals surface area (Å²) in [6, 6.07) is 0. The molecular formula is C8H14N2O3. The van der Waals surface area contributed by atoms with Crippen molar-refractivity contribution in [2.75, 3.05) is 7.11 Å². The number of hydrogen-bond acceptors (Lipinski definition) is 5. The van der Waals surface area contributed by atoms with Gasteiger partial charge in [-0.05, 0) is 6.42 Å². The largest absolute Gasteiger partial charge is 0.385 e. The fourth-order valence-electron chi connectivity index (χ4n) is 0.988. The Bertz CT molecular complexity index is 249. The molecule has 0 aromatic carbocycles. The van der Waals surface area contributed by atoms with Crippen molar-refractivity contribution in [3.05, 3.63) is 11.7 Å². The zero-order valence-corrected chi connectivity index (χ0v) is 7.86. The van der Waals surface area contributed by atoms with Crippen molar-refractivity contribution in [1.29, 1.82) is 0 Å². The van der Waals surface area contributed by atoms with Gasteiger partial charge in [0.1, 0.15) is 12.7 Å². The number of aliphatic hydroxyl groups is 1. The summed E-state index contributed by atoms with van der Waals surface area (Å²) in [5.41, 5.74) is 0. The molecule has 1 aromatic heterocycles. The van der Waals surface area contributed by atoms with Crippen molar-refractivity contribution in [2.45, 2.75) is 32.5 Å². The molecular weight excluding hydrogens is 172 g/mol. The summed E-state index contributed by atoms with van der Waals surface area (Å²) in [5.74, 6) is 0.738. The van der Waals surface area contributed by atoms with E-state index in [0.29, 0.717) is 18.1 Å². The molecule has 0 fully saturated rings. The lowest BCUT2D eigenvalue weighted by Crippen LogP contribution is -1.99. The van der Waals surface area contributed by atoms with E-state index in [1.54, 1.807) is 7.11 Å². The van der Waals surface area contributed by atoms with Gasteiger partial charge in [-0.25, -0.2) is 0 Å². The molecule has 0 aliphatic rings. The molecule has 0 amide bonds. The van der Waals surface area contributed by atoms with E-state index in [4.69, 9.17) is 9.26 Å². The quantitative estimate of drug-likeness (QED) is 0.744. The average molecular weight is 186 g/mol. The second kappa shape index (κ2) is 4.94. The molecule has 0 saturated heterocycles. The van der Waals surface area contributed by atoms with Crippen LogP contribution in [0.25, 0.3) is 0 Å². The van der Waals surface area contributed by atoms with Crippen molar-refractivity contribution in [3.63, 3.8) is 0 Å². The van der Waals surface area contributed by atoms with Crippen LogP contribution in [0.4, 0.5) is 0 Å². The summed E-state index contributed by atoms with van der Waals surface area (Å²) in [6.07, 6.45) is 0.903. The Hall–Kier alpha value is -0.940. The number of aliphatic hydroxyl groups excluding tert-OH is 1. The van der Waals surface area contributed by atoms with Crippen LogP contribution in [0.1, 0.15) is 37.6 Å². The van der Waals surface area contributed by atoms with Gasteiger partial charge in [-0.3, -0.25) is 0 Å². The topological polar surface area (TPSA) is 68.4 Å². The monoisotopic (exact) mass is 186 g/mol. The number of nitrogens with zero attached hydrogens (tertiary/aromatic N) is 2. The first-order valence-corrected chi connectivity index (χ1v) is 4.27. The minimum atomic E-state index is -0.626. The maximum absolute atomic E-state index is 9.48. The second-order valence-electron chi connectivity index (χ2n) is 2.78. The van der Waals surface area contributed by atoms with Crippen molar-refractivity contribution in [1.82, 2.24) is 10.1 Å². The van der Waals surface area contributed by atoms with Crippen molar-refractivity contribution >= 4 is 0 Å². The Morgan fingerprint density at radius 1 is 1.62 bits per heavy atom. The highest BCUT2D eigenvalue weighted by molar-refractivity contribution is 4.89. The van der Waals surface area contributed by atoms with E-state index in [-0.39, 0.29) is 6.61 Å². The summed E-state index contributed by atoms with van der Waals surface area (Å²) >= 11 is 0. The molecule has 0 bridgehead atoms. The summed E-state index contributed by atoms with van der Waals surface area (Å²) < 4.78 is 9.63. The lowest BCUT2D eigenvalue weighted by Gasteiger charge is -2.01. The summed E-state index contributed by atoms with van der Waals surface area (Å²) in [4.78, 5) is 3.97. The molecule has 5 heteroatoms. The van der Waals surface area contributed by atoms with Crippen LogP contribution in [0, 0.1) is 0 Å². The van der Waals surface area contributed by atoms with E-state index >= 15 is 0 Å². The molecule has 5 nitrogen and oxygen atoms in total. The van der Waals surface area contributed by atoms with Crippen LogP contribution in [0.15, 0.2) is 4.52 Å². The van der Waals surface area contributed by atoms with Crippen LogP contribution in [-0.2, 0) is 11.3 Å². The predicted octanol–water partition coefficient (Wildman–Crippen LogP) is 1.05. The van der Waals surface area contributed by atoms with Gasteiger partial charge in [0.2, 0.25) is 0 Å². The van der Waals surface area contributed by atoms with E-state index in [9.17, 15) is 5.11 Å². The fourth-order valence-corrected chi connectivity index (χ4v) is 0.988. The molecule has 1 unspecified atom stereocenters. The van der Waals surface area contributed by atoms with Crippen molar-refractivity contribution in [2.24, 2.45) is 0 Å². The van der Waals surface area contributed by atoms with Crippen LogP contribution < -0.4 is 0 Å². The van der Waals surface area contributed by atoms with Crippen LogP contribution in [0.3, 0.4) is 0 Å². The Morgan fingerprint density at radius 3 is 3.00 bits per heavy atom. The predicted molar refractivity (Wildman–Crippen MR) is 44.9 cm³/mol. The highest BCUT2D eigenvalue weighted by Gasteiger charge is 2.13. The van der Waals surface area contributed by atoms with Gasteiger partial charge in [0.25, 0.3) is 5.89 Å². The molecule has 1 heterocycles. The van der Waals surface area contributed by atoms with Gasteiger partial charge in [0.05, 0.1) is 0 Å². The SMILES string of the molecule is CCCC(O)c1noc(COC)n1. The number of aromatic nitrogens is 2. The molecule has 1 atom stereocenters. The van der Waals surface area contributed by atoms with Crippen LogP contribution in [0.5, 0.6) is 0 Å². The smallest absolute Gasteiger partial charge is 0.252 e. The Labute approximate surface area is 76.7 Å². The van der Waals surface area contributed by atoms with E-state index in [1.165, 1.54) is 0 Å². The van der Waals surface area contributed by atoms with E-state index in [0.717, 1.165) is 6.42 Å². The number of rotatable bonds is 5. The lowest BCUT2D eigenvalue weighted by atomic mass is 10.2. The first kappa shape index (κ1) is 10.1. The van der Waals surface area contributed by atoms with Gasteiger partial charge in [-0.2, -0.15) is 4.98 Å². The van der Waals surface area contributed by atoms with Gasteiger partial charge in [0.15, 0.2) is 5.82 Å². The van der Waals surface area contributed by atoms with E-state index in [1.807, 2.05) is 6.92 Å². The molecule has 0 spiro atoms. The number of methoxy groups -OCH3 is 1. The molecule has 0 aliphatic heterocycles. The minimum absolute atomic E-state index is 0.284. The average Bonchev–Trinajstić information content (AvgIpc) is 2.54. The van der Waals surface area contributed by atoms with Crippen LogP contribution in [-0.4, -0.2) is 22.4 Å². The molecule has 0 aliphatic carbocycles. The van der Waals surface area contributed by atoms with Gasteiger partial charge in [0, 0.05) is 7.11 Å². The fraction of sp³-hybridized carbons (Fsp3) is 0.750. The second-order valence-corrected chi connectivity index (χ2v) is 2.78. The van der Waals surface area contributed by atoms with Gasteiger partial charge in [-0.15, -0.1) is 0 Å². The zero-order valence-electron chi connectivity index (χ0n) is 7.86. The maximum Gasteiger partial charge on any atom is 0.252 e. The molecule has 1 rings (SSSR count). The number of ether oxygens (including phenoxy) is 1. The third-order valence-corrected chi connectivity index (χ3v) is 1.61. The first-order chi connectivity index (χ1) is 6.27. The molecule has 13 heavy (non-hydrogen) atoms. The molecule has 0 saturated carbocycles. The van der Waals surface area contributed by atoms with E-state index < -0.39 is 6.10 Å². The molecule has 1 N–H and O–H groups in total. The highest BCUT2D eigenvalue weighted by atomic mass is 16.5. The van der Waals surface area contributed by atoms with Gasteiger partial charge < -0.3 is 14.4 Å². The Kier molecular flexibility index (Phi) is 3.85. The highest BCUT2D eigenvalue weighted by Crippen LogP contribution is 2.14. The maximum atomic E-state index is 9.48. The van der Waals surface area contributed by atoms with Crippen LogP contribution in [0.2, 0.25) is 0 Å². The summed E-state index contributed by atoms with van der Waals surface area (Å²) in [6.45, 7) is 2.27. The normalized spacial score (nSPS) is 13.2. The molecule has 1 aromatic rings. The Morgan fingerprint density at radius 2 is 2.38 bits per heavy atom. The van der Waals surface area contributed by atoms with Crippen molar-refractivity contribution in [3.8, 4) is 0 Å². The van der Waals surface area contributed by atoms with Gasteiger partial charge in [-0.1, -0.05) is 18.5 Å². The Balaban J connectivity index is 2.56. The number of hydrogen-bond donors (Lipinski definition) is 1. The zero-order chi connectivity index (χ0) is 9.68. The molecule has 0 radical (unpaired) electrons. The van der Waals surface area contributed by atoms with Crippen LogP contribution >= 0.6 is 0 Å². The third kappa shape index (κ3) is 2.78. The van der Waals surface area contributed by atoms with Crippen molar-refractivity contribution < 1.29 is 14.4 Å². The summed E-state index contributed by atoms with van der Waals surface area (Å²) in [5, 5.41) is 13.1. The van der Waals surface area contributed by atoms with E-state index in [2.05, 4.69) is 10.1 Å². The van der Waals surface area contributed by atoms with Gasteiger partial charge >= 0.3 is 0 Å². The summed E-state index contributed by atoms with van der Waals surface area (Å²) in [7, 11) is 1.55. The third-order valence-electron chi connectivity index (χ3n) is 1.61. The first-order valence-electron chi connectivity index (χ1n) is 4.27. The standard InChI is InChI=1S/C8H14N2O3/c1-3-4-6(11)8-9-7(5-12-2)13-10-8/h6,11H,3-5H2,1-2H3. The minimum Gasteiger partial charge on any atom is -0.385 e. The molecule has 74 valence electrons.